The summed E-state index contributed by atoms with van der Waals surface area (Å²) in [5.74, 6) is -1.68. The molecule has 9 nitrogen and oxygen atoms in total. The lowest BCUT2D eigenvalue weighted by atomic mass is 10.1. The molecular formula is C30H32F4N6O3. The van der Waals surface area contributed by atoms with E-state index in [9.17, 15) is 31.9 Å². The average molecular weight is 601 g/mol. The molecule has 0 aliphatic carbocycles. The highest BCUT2D eigenvalue weighted by Crippen LogP contribution is 2.29. The molecule has 1 aliphatic heterocycles. The normalized spacial score (nSPS) is 14.3. The Balaban J connectivity index is 1.36. The van der Waals surface area contributed by atoms with E-state index in [-0.39, 0.29) is 28.5 Å². The molecule has 228 valence electrons. The van der Waals surface area contributed by atoms with Gasteiger partial charge in [-0.2, -0.15) is 13.2 Å². The van der Waals surface area contributed by atoms with E-state index in [0.717, 1.165) is 23.8 Å². The number of halogens is 4. The molecule has 1 aromatic heterocycles. The Bertz CT molecular complexity index is 1480. The Hall–Kier alpha value is -4.52. The maximum Gasteiger partial charge on any atom is 0.417 e. The third-order valence-electron chi connectivity index (χ3n) is 6.56. The van der Waals surface area contributed by atoms with Gasteiger partial charge in [-0.3, -0.25) is 19.8 Å². The molecule has 4 rings (SSSR count). The van der Waals surface area contributed by atoms with Crippen molar-refractivity contribution in [3.63, 3.8) is 0 Å². The number of anilines is 2. The van der Waals surface area contributed by atoms with Gasteiger partial charge in [0.1, 0.15) is 11.6 Å². The van der Waals surface area contributed by atoms with Crippen LogP contribution in [-0.2, 0) is 12.7 Å². The van der Waals surface area contributed by atoms with Crippen LogP contribution >= 0.6 is 0 Å². The summed E-state index contributed by atoms with van der Waals surface area (Å²) in [7, 11) is 0. The van der Waals surface area contributed by atoms with E-state index in [1.807, 2.05) is 39.0 Å². The number of nitrogens with zero attached hydrogens (tertiary/aromatic N) is 3. The highest BCUT2D eigenvalue weighted by atomic mass is 19.4. The number of para-hydroxylation sites is 1. The van der Waals surface area contributed by atoms with E-state index in [2.05, 4.69) is 25.8 Å². The van der Waals surface area contributed by atoms with Gasteiger partial charge in [0.2, 0.25) is 0 Å². The van der Waals surface area contributed by atoms with Gasteiger partial charge in [0.25, 0.3) is 11.8 Å². The number of alkyl halides is 3. The third kappa shape index (κ3) is 8.51. The van der Waals surface area contributed by atoms with Crippen molar-refractivity contribution in [2.75, 3.05) is 36.8 Å². The van der Waals surface area contributed by atoms with Crippen LogP contribution in [0.1, 0.15) is 52.6 Å². The van der Waals surface area contributed by atoms with E-state index in [1.165, 1.54) is 12.1 Å². The van der Waals surface area contributed by atoms with Crippen LogP contribution in [0.3, 0.4) is 0 Å². The van der Waals surface area contributed by atoms with Crippen molar-refractivity contribution in [1.82, 2.24) is 20.1 Å². The number of benzene rings is 2. The zero-order valence-electron chi connectivity index (χ0n) is 23.9. The first-order chi connectivity index (χ1) is 20.2. The van der Waals surface area contributed by atoms with E-state index in [4.69, 9.17) is 0 Å². The van der Waals surface area contributed by atoms with Gasteiger partial charge in [-0.05, 0) is 62.7 Å². The summed E-state index contributed by atoms with van der Waals surface area (Å²) in [5, 5.41) is 7.47. The van der Waals surface area contributed by atoms with Crippen LogP contribution in [0, 0.1) is 5.82 Å². The zero-order chi connectivity index (χ0) is 31.4. The highest BCUT2D eigenvalue weighted by molar-refractivity contribution is 6.06. The molecule has 0 saturated carbocycles. The van der Waals surface area contributed by atoms with Crippen LogP contribution in [0.5, 0.6) is 0 Å². The molecular weight excluding hydrogens is 568 g/mol. The second kappa shape index (κ2) is 12.8. The Morgan fingerprint density at radius 3 is 2.23 bits per heavy atom. The first kappa shape index (κ1) is 31.4. The minimum Gasteiger partial charge on any atom is -0.347 e. The first-order valence-electron chi connectivity index (χ1n) is 13.5. The number of amides is 4. The molecule has 2 heterocycles. The largest absolute Gasteiger partial charge is 0.417 e. The van der Waals surface area contributed by atoms with E-state index in [1.54, 1.807) is 11.0 Å². The Morgan fingerprint density at radius 2 is 1.60 bits per heavy atom. The number of hydrogen-bond donors (Lipinski definition) is 3. The number of aromatic nitrogens is 1. The van der Waals surface area contributed by atoms with Crippen LogP contribution in [0.4, 0.5) is 33.9 Å². The predicted molar refractivity (Wildman–Crippen MR) is 153 cm³/mol. The monoisotopic (exact) mass is 600 g/mol. The molecule has 43 heavy (non-hydrogen) atoms. The van der Waals surface area contributed by atoms with Gasteiger partial charge in [0.15, 0.2) is 0 Å². The average Bonchev–Trinajstić information content (AvgIpc) is 2.93. The lowest BCUT2D eigenvalue weighted by molar-refractivity contribution is -0.137. The number of rotatable bonds is 6. The van der Waals surface area contributed by atoms with Gasteiger partial charge in [0.05, 0.1) is 16.8 Å². The standard InChI is InChI=1S/C30H32F4N6O3/c1-29(2,3)38-26(41)20-7-4-6-19(16-20)18-39-12-14-40(15-13-39)27(42)22-8-5-9-23(31)25(22)37-28(43)36-24-11-10-21(17-35-24)30(32,33)34/h4-11,16-17H,12-15,18H2,1-3H3,(H,38,41)(H2,35,36,37,43). The summed E-state index contributed by atoms with van der Waals surface area (Å²) in [5.41, 5.74) is -0.263. The van der Waals surface area contributed by atoms with Crippen molar-refractivity contribution in [1.29, 1.82) is 0 Å². The van der Waals surface area contributed by atoms with Crippen molar-refractivity contribution in [3.05, 3.63) is 88.9 Å². The minimum absolute atomic E-state index is 0.0680. The van der Waals surface area contributed by atoms with Crippen LogP contribution in [0.2, 0.25) is 0 Å². The van der Waals surface area contributed by atoms with Crippen molar-refractivity contribution in [2.45, 2.75) is 39.0 Å². The Labute approximate surface area is 246 Å². The summed E-state index contributed by atoms with van der Waals surface area (Å²) in [6.45, 7) is 8.06. The smallest absolute Gasteiger partial charge is 0.347 e. The number of urea groups is 1. The minimum atomic E-state index is -4.59. The SMILES string of the molecule is CC(C)(C)NC(=O)c1cccc(CN2CCN(C(=O)c3cccc(F)c3NC(=O)Nc3ccc(C(F)(F)F)cn3)CC2)c1. The molecule has 4 amide bonds. The summed E-state index contributed by atoms with van der Waals surface area (Å²) in [4.78, 5) is 45.7. The maximum atomic E-state index is 14.8. The number of nitrogens with one attached hydrogen (secondary N) is 3. The van der Waals surface area contributed by atoms with Crippen LogP contribution in [-0.4, -0.2) is 64.3 Å². The summed E-state index contributed by atoms with van der Waals surface area (Å²) >= 11 is 0. The summed E-state index contributed by atoms with van der Waals surface area (Å²) in [6.07, 6.45) is -4.02. The van der Waals surface area contributed by atoms with E-state index < -0.39 is 29.5 Å². The molecule has 0 atom stereocenters. The zero-order valence-corrected chi connectivity index (χ0v) is 23.9. The van der Waals surface area contributed by atoms with Crippen molar-refractivity contribution < 1.29 is 31.9 Å². The topological polar surface area (TPSA) is 107 Å². The highest BCUT2D eigenvalue weighted by Gasteiger charge is 2.31. The molecule has 0 radical (unpaired) electrons. The molecule has 0 unspecified atom stereocenters. The Kier molecular flexibility index (Phi) is 9.34. The number of piperazine rings is 1. The van der Waals surface area contributed by atoms with Crippen molar-refractivity contribution in [2.24, 2.45) is 0 Å². The fourth-order valence-electron chi connectivity index (χ4n) is 4.49. The Morgan fingerprint density at radius 1 is 0.907 bits per heavy atom. The van der Waals surface area contributed by atoms with Crippen molar-refractivity contribution >= 4 is 29.4 Å². The number of pyridine rings is 1. The number of carbonyl (C=O) groups excluding carboxylic acids is 3. The van der Waals surface area contributed by atoms with Gasteiger partial charge in [-0.1, -0.05) is 18.2 Å². The van der Waals surface area contributed by atoms with Crippen LogP contribution in [0.25, 0.3) is 0 Å². The van der Waals surface area contributed by atoms with Crippen LogP contribution < -0.4 is 16.0 Å². The van der Waals surface area contributed by atoms with E-state index >= 15 is 0 Å². The van der Waals surface area contributed by atoms with Crippen LogP contribution in [0.15, 0.2) is 60.8 Å². The lowest BCUT2D eigenvalue weighted by Crippen LogP contribution is -2.48. The molecule has 3 aromatic rings. The van der Waals surface area contributed by atoms with Gasteiger partial charge in [-0.15, -0.1) is 0 Å². The molecule has 13 heteroatoms. The quantitative estimate of drug-likeness (QED) is 0.330. The molecule has 3 N–H and O–H groups in total. The second-order valence-electron chi connectivity index (χ2n) is 11.1. The summed E-state index contributed by atoms with van der Waals surface area (Å²) in [6, 6.07) is 11.9. The van der Waals surface area contributed by atoms with Gasteiger partial charge in [0, 0.05) is 50.0 Å². The fourth-order valence-corrected chi connectivity index (χ4v) is 4.49. The summed E-state index contributed by atoms with van der Waals surface area (Å²) < 4.78 is 53.0. The number of hydrogen-bond acceptors (Lipinski definition) is 5. The van der Waals surface area contributed by atoms with Gasteiger partial charge < -0.3 is 15.5 Å². The number of carbonyl (C=O) groups is 3. The predicted octanol–water partition coefficient (Wildman–Crippen LogP) is 5.37. The lowest BCUT2D eigenvalue weighted by Gasteiger charge is -2.35. The van der Waals surface area contributed by atoms with Gasteiger partial charge >= 0.3 is 12.2 Å². The van der Waals surface area contributed by atoms with Gasteiger partial charge in [-0.25, -0.2) is 14.2 Å². The first-order valence-corrected chi connectivity index (χ1v) is 13.5. The molecule has 2 aromatic carbocycles. The third-order valence-corrected chi connectivity index (χ3v) is 6.56. The van der Waals surface area contributed by atoms with E-state index in [0.29, 0.717) is 44.5 Å². The second-order valence-corrected chi connectivity index (χ2v) is 11.1. The van der Waals surface area contributed by atoms with Crippen molar-refractivity contribution in [3.8, 4) is 0 Å². The molecule has 0 spiro atoms. The fraction of sp³-hybridized carbons (Fsp3) is 0.333. The molecule has 0 bridgehead atoms. The molecule has 1 saturated heterocycles. The molecule has 1 aliphatic rings. The maximum absolute atomic E-state index is 14.8. The molecule has 1 fully saturated rings.